The maximum absolute atomic E-state index is 12.3. The normalized spacial score (nSPS) is 12.4. The van der Waals surface area contributed by atoms with E-state index < -0.39 is 72.1 Å². The van der Waals surface area contributed by atoms with Crippen LogP contribution in [0.25, 0.3) is 0 Å². The van der Waals surface area contributed by atoms with Gasteiger partial charge >= 0.3 is 11.9 Å². The maximum atomic E-state index is 12.3. The number of amides is 2. The summed E-state index contributed by atoms with van der Waals surface area (Å²) in [6.45, 7) is -1.19. The number of carbonyl (C=O) groups excluding carboxylic acids is 4. The molecule has 0 saturated carbocycles. The fraction of sp³-hybridized carbons (Fsp3) is 0.429. The van der Waals surface area contributed by atoms with Crippen molar-refractivity contribution < 1.29 is 50.9 Å². The van der Waals surface area contributed by atoms with Crippen molar-refractivity contribution >= 4 is 35.4 Å². The molecule has 16 nitrogen and oxygen atoms in total. The number of aromatic nitrogens is 2. The minimum atomic E-state index is -1.02. The van der Waals surface area contributed by atoms with Crippen LogP contribution in [-0.4, -0.2) is 69.2 Å². The molecule has 1 heterocycles. The Morgan fingerprint density at radius 3 is 1.43 bits per heavy atom. The molecule has 1 aromatic heterocycles. The number of aliphatic hydroxyl groups excluding tert-OH is 2. The number of hydrogen-bond donors (Lipinski definition) is 8. The summed E-state index contributed by atoms with van der Waals surface area (Å²) in [4.78, 5) is 62.9. The van der Waals surface area contributed by atoms with Crippen molar-refractivity contribution in [1.82, 2.24) is 20.6 Å². The van der Waals surface area contributed by atoms with E-state index in [1.54, 1.807) is 0 Å². The largest absolute Gasteiger partial charge is 0.394 e. The second-order valence-electron chi connectivity index (χ2n) is 5.84. The van der Waals surface area contributed by atoms with Crippen LogP contribution in [-0.2, 0) is 19.3 Å². The van der Waals surface area contributed by atoms with Crippen molar-refractivity contribution in [3.63, 3.8) is 0 Å². The van der Waals surface area contributed by atoms with E-state index in [0.29, 0.717) is 0 Å². The second kappa shape index (κ2) is 11.4. The molecule has 2 amide bonds. The van der Waals surface area contributed by atoms with E-state index in [0.717, 1.165) is 0 Å². The summed E-state index contributed by atoms with van der Waals surface area (Å²) in [7, 11) is 0. The predicted molar refractivity (Wildman–Crippen MR) is 94.7 cm³/mol. The molecule has 14 N–H and O–H groups in total. The van der Waals surface area contributed by atoms with E-state index in [4.69, 9.17) is 11.5 Å². The van der Waals surface area contributed by atoms with Crippen LogP contribution in [0.4, 0.5) is 11.6 Å². The first kappa shape index (κ1) is 24.4. The summed E-state index contributed by atoms with van der Waals surface area (Å²) in [5, 5.41) is 23.1. The lowest BCUT2D eigenvalue weighted by atomic mass is 10.2. The van der Waals surface area contributed by atoms with Gasteiger partial charge in [0.2, 0.25) is 0 Å². The summed E-state index contributed by atoms with van der Waals surface area (Å²) < 4.78 is 0. The van der Waals surface area contributed by atoms with E-state index in [1.807, 2.05) is 0 Å². The number of carbonyl (C=O) groups is 4. The van der Waals surface area contributed by atoms with E-state index in [2.05, 4.69) is 42.1 Å². The Hall–Kier alpha value is -3.60. The Morgan fingerprint density at radius 1 is 0.833 bits per heavy atom. The predicted octanol–water partition coefficient (Wildman–Crippen LogP) is -6.00. The van der Waals surface area contributed by atoms with Crippen molar-refractivity contribution in [2.45, 2.75) is 24.9 Å². The molecule has 166 valence electrons. The highest BCUT2D eigenvalue weighted by Crippen LogP contribution is 2.14. The van der Waals surface area contributed by atoms with Crippen molar-refractivity contribution in [3.05, 3.63) is 11.4 Å². The standard InChI is InChI=1S/C14H22N8O8/c15-11-9(13(27)19-5(3-23)1-7(25)29-17)21-12(16)10(22-11)14(28)20-6(4-24)2-8(26)30-18/h5-6,23-24H,1-4H2,17-18H3,(H4-2,15,16,19,20,21,22,27,28)/p+2. The number of rotatable bonds is 10. The number of aliphatic hydroxyl groups is 2. The number of nitrogen functional groups attached to an aromatic ring is 2. The van der Waals surface area contributed by atoms with Gasteiger partial charge < -0.3 is 32.3 Å². The van der Waals surface area contributed by atoms with Gasteiger partial charge in [-0.3, -0.25) is 19.3 Å². The molecule has 0 bridgehead atoms. The first-order valence-electron chi connectivity index (χ1n) is 8.32. The van der Waals surface area contributed by atoms with Gasteiger partial charge in [0, 0.05) is 0 Å². The van der Waals surface area contributed by atoms with Gasteiger partial charge in [0.1, 0.15) is 0 Å². The van der Waals surface area contributed by atoms with Crippen molar-refractivity contribution in [3.8, 4) is 0 Å². The average Bonchev–Trinajstić information content (AvgIpc) is 2.73. The van der Waals surface area contributed by atoms with Crippen LogP contribution >= 0.6 is 0 Å². The molecule has 0 spiro atoms. The molecular formula is C14H24N8O8+2. The number of anilines is 2. The topological polar surface area (TPSA) is 284 Å². The van der Waals surface area contributed by atoms with Crippen LogP contribution in [0.5, 0.6) is 0 Å². The maximum Gasteiger partial charge on any atom is 0.368 e. The zero-order chi connectivity index (χ0) is 22.8. The van der Waals surface area contributed by atoms with Gasteiger partial charge in [0.25, 0.3) is 11.8 Å². The Labute approximate surface area is 168 Å². The molecule has 2 unspecified atom stereocenters. The highest BCUT2D eigenvalue weighted by atomic mass is 16.7. The Morgan fingerprint density at radius 2 is 1.17 bits per heavy atom. The van der Waals surface area contributed by atoms with Gasteiger partial charge in [-0.25, -0.2) is 19.6 Å². The molecule has 0 aromatic carbocycles. The van der Waals surface area contributed by atoms with Gasteiger partial charge in [0.15, 0.2) is 23.0 Å². The molecule has 2 atom stereocenters. The molecular weight excluding hydrogens is 408 g/mol. The van der Waals surface area contributed by atoms with Crippen molar-refractivity contribution in [1.29, 1.82) is 0 Å². The molecule has 0 saturated heterocycles. The number of nitrogens with one attached hydrogen (secondary N) is 2. The van der Waals surface area contributed by atoms with Gasteiger partial charge in [-0.1, -0.05) is 0 Å². The zero-order valence-corrected chi connectivity index (χ0v) is 15.8. The van der Waals surface area contributed by atoms with Gasteiger partial charge in [-0.15, -0.1) is 0 Å². The van der Waals surface area contributed by atoms with E-state index in [9.17, 15) is 29.4 Å². The Kier molecular flexibility index (Phi) is 9.30. The van der Waals surface area contributed by atoms with Crippen LogP contribution < -0.4 is 33.9 Å². The molecule has 1 rings (SSSR count). The van der Waals surface area contributed by atoms with Gasteiger partial charge in [0.05, 0.1) is 38.1 Å². The Balaban J connectivity index is 2.97. The monoisotopic (exact) mass is 432 g/mol. The number of nitrogens with zero attached hydrogens (tertiary/aromatic N) is 2. The number of quaternary nitrogens is 2. The van der Waals surface area contributed by atoms with Crippen molar-refractivity contribution in [2.24, 2.45) is 0 Å². The highest BCUT2D eigenvalue weighted by Gasteiger charge is 2.25. The van der Waals surface area contributed by atoms with Gasteiger partial charge in [-0.2, -0.15) is 11.8 Å². The van der Waals surface area contributed by atoms with Crippen LogP contribution in [0.3, 0.4) is 0 Å². The quantitative estimate of drug-likeness (QED) is 0.160. The molecule has 0 fully saturated rings. The minimum Gasteiger partial charge on any atom is -0.394 e. The summed E-state index contributed by atoms with van der Waals surface area (Å²) in [5.74, 6) is 1.52. The van der Waals surface area contributed by atoms with Crippen LogP contribution in [0.1, 0.15) is 33.8 Å². The van der Waals surface area contributed by atoms with Crippen LogP contribution in [0.2, 0.25) is 0 Å². The first-order valence-corrected chi connectivity index (χ1v) is 8.32. The molecule has 0 radical (unpaired) electrons. The summed E-state index contributed by atoms with van der Waals surface area (Å²) in [6.07, 6.45) is -0.736. The average molecular weight is 432 g/mol. The molecule has 0 aliphatic heterocycles. The Bertz CT molecular complexity index is 739. The third-order valence-electron chi connectivity index (χ3n) is 3.64. The first-order chi connectivity index (χ1) is 14.2. The molecule has 16 heteroatoms. The third-order valence-corrected chi connectivity index (χ3v) is 3.64. The van der Waals surface area contributed by atoms with E-state index in [1.165, 1.54) is 0 Å². The smallest absolute Gasteiger partial charge is 0.368 e. The highest BCUT2D eigenvalue weighted by molar-refractivity contribution is 6.01. The summed E-state index contributed by atoms with van der Waals surface area (Å²) in [6, 6.07) is -2.04. The van der Waals surface area contributed by atoms with E-state index >= 15 is 0 Å². The third kappa shape index (κ3) is 6.78. The van der Waals surface area contributed by atoms with Crippen LogP contribution in [0.15, 0.2) is 0 Å². The lowest BCUT2D eigenvalue weighted by Gasteiger charge is -2.16. The summed E-state index contributed by atoms with van der Waals surface area (Å²) in [5.41, 5.74) is 10.4. The summed E-state index contributed by atoms with van der Waals surface area (Å²) >= 11 is 0. The second-order valence-corrected chi connectivity index (χ2v) is 5.84. The fourth-order valence-electron chi connectivity index (χ4n) is 2.15. The minimum absolute atomic E-state index is 0.368. The zero-order valence-electron chi connectivity index (χ0n) is 15.8. The number of hydrogen-bond acceptors (Lipinski definition) is 12. The fourth-order valence-corrected chi connectivity index (χ4v) is 2.15. The van der Waals surface area contributed by atoms with E-state index in [-0.39, 0.29) is 12.8 Å². The lowest BCUT2D eigenvalue weighted by Crippen LogP contribution is -2.52. The molecule has 0 aliphatic rings. The van der Waals surface area contributed by atoms with Crippen LogP contribution in [0, 0.1) is 0 Å². The lowest BCUT2D eigenvalue weighted by molar-refractivity contribution is -0.657. The molecule has 1 aromatic rings. The SMILES string of the molecule is Nc1nc(C(=O)NC(CO)CC(=O)O[NH3+])c(N)nc1C(=O)NC(CO)CC(=O)O[NH3+]. The van der Waals surface area contributed by atoms with Crippen molar-refractivity contribution in [2.75, 3.05) is 24.7 Å². The molecule has 0 aliphatic carbocycles. The molecule has 30 heavy (non-hydrogen) atoms. The van der Waals surface area contributed by atoms with Gasteiger partial charge in [-0.05, 0) is 0 Å². The number of nitrogens with two attached hydrogens (primary N) is 2.